The highest BCUT2D eigenvalue weighted by atomic mass is 16.5. The largest absolute Gasteiger partial charge is 0.381 e. The monoisotopic (exact) mass is 254 g/mol. The maximum absolute atomic E-state index is 12.2. The van der Waals surface area contributed by atoms with Crippen LogP contribution in [0.15, 0.2) is 0 Å². The number of rotatable bonds is 2. The maximum Gasteiger partial charge on any atom is 0.224 e. The van der Waals surface area contributed by atoms with E-state index in [1.807, 2.05) is 4.90 Å². The van der Waals surface area contributed by atoms with E-state index in [-0.39, 0.29) is 17.4 Å². The Hall–Kier alpha value is -0.650. The van der Waals surface area contributed by atoms with Crippen LogP contribution in [0, 0.1) is 5.41 Å². The lowest BCUT2D eigenvalue weighted by Crippen LogP contribution is -2.45. The SMILES string of the molecule is O=C(CC1COCCN1)N1CCC2(CCOC2)C1. The Morgan fingerprint density at radius 1 is 1.33 bits per heavy atom. The molecule has 102 valence electrons. The number of nitrogens with one attached hydrogen (secondary N) is 1. The number of carbonyl (C=O) groups excluding carboxylic acids is 1. The molecule has 0 aromatic heterocycles. The molecule has 0 bridgehead atoms. The summed E-state index contributed by atoms with van der Waals surface area (Å²) >= 11 is 0. The van der Waals surface area contributed by atoms with Crippen LogP contribution in [0.1, 0.15) is 19.3 Å². The molecule has 1 spiro atoms. The molecule has 2 atom stereocenters. The van der Waals surface area contributed by atoms with E-state index in [0.29, 0.717) is 13.0 Å². The number of amides is 1. The highest BCUT2D eigenvalue weighted by Crippen LogP contribution is 2.38. The van der Waals surface area contributed by atoms with Gasteiger partial charge in [0.25, 0.3) is 0 Å². The molecule has 3 heterocycles. The molecular weight excluding hydrogens is 232 g/mol. The summed E-state index contributed by atoms with van der Waals surface area (Å²) in [5, 5.41) is 3.34. The van der Waals surface area contributed by atoms with E-state index in [0.717, 1.165) is 52.3 Å². The molecule has 0 aromatic carbocycles. The molecular formula is C13H22N2O3. The Balaban J connectivity index is 1.50. The van der Waals surface area contributed by atoms with Gasteiger partial charge in [0, 0.05) is 44.1 Å². The molecule has 1 N–H and O–H groups in total. The molecule has 3 rings (SSSR count). The molecule has 1 amide bonds. The number of nitrogens with zero attached hydrogens (tertiary/aromatic N) is 1. The summed E-state index contributed by atoms with van der Waals surface area (Å²) in [6, 6.07) is 0.197. The first-order valence-corrected chi connectivity index (χ1v) is 6.94. The fraction of sp³-hybridized carbons (Fsp3) is 0.923. The van der Waals surface area contributed by atoms with Gasteiger partial charge in [0.2, 0.25) is 5.91 Å². The Kier molecular flexibility index (Phi) is 3.54. The predicted octanol–water partition coefficient (Wildman–Crippen LogP) is 0.00390. The lowest BCUT2D eigenvalue weighted by molar-refractivity contribution is -0.131. The van der Waals surface area contributed by atoms with Gasteiger partial charge in [-0.2, -0.15) is 0 Å². The molecule has 0 radical (unpaired) electrons. The van der Waals surface area contributed by atoms with E-state index in [1.165, 1.54) is 0 Å². The Morgan fingerprint density at radius 3 is 3.00 bits per heavy atom. The molecule has 18 heavy (non-hydrogen) atoms. The van der Waals surface area contributed by atoms with E-state index in [1.54, 1.807) is 0 Å². The van der Waals surface area contributed by atoms with E-state index < -0.39 is 0 Å². The van der Waals surface area contributed by atoms with Crippen LogP contribution in [-0.4, -0.2) is 62.9 Å². The van der Waals surface area contributed by atoms with Crippen molar-refractivity contribution in [2.75, 3.05) is 46.1 Å². The molecule has 3 saturated heterocycles. The van der Waals surface area contributed by atoms with Crippen molar-refractivity contribution in [1.29, 1.82) is 0 Å². The molecule has 0 aliphatic carbocycles. The van der Waals surface area contributed by atoms with Gasteiger partial charge in [-0.25, -0.2) is 0 Å². The van der Waals surface area contributed by atoms with E-state index in [2.05, 4.69) is 5.32 Å². The van der Waals surface area contributed by atoms with E-state index in [4.69, 9.17) is 9.47 Å². The normalized spacial score (nSPS) is 36.4. The second-order valence-electron chi connectivity index (χ2n) is 5.80. The third-order valence-corrected chi connectivity index (χ3v) is 4.40. The van der Waals surface area contributed by atoms with Gasteiger partial charge in [-0.15, -0.1) is 0 Å². The van der Waals surface area contributed by atoms with E-state index in [9.17, 15) is 4.79 Å². The first kappa shape index (κ1) is 12.4. The molecule has 3 aliphatic heterocycles. The first-order chi connectivity index (χ1) is 8.77. The summed E-state index contributed by atoms with van der Waals surface area (Å²) in [5.74, 6) is 0.266. The average molecular weight is 254 g/mol. The van der Waals surface area contributed by atoms with Gasteiger partial charge in [-0.3, -0.25) is 4.79 Å². The van der Waals surface area contributed by atoms with Gasteiger partial charge in [0.15, 0.2) is 0 Å². The van der Waals surface area contributed by atoms with Crippen molar-refractivity contribution in [3.05, 3.63) is 0 Å². The summed E-state index contributed by atoms with van der Waals surface area (Å²) in [6.45, 7) is 5.76. The number of hydrogen-bond acceptors (Lipinski definition) is 4. The molecule has 3 aliphatic rings. The zero-order valence-electron chi connectivity index (χ0n) is 10.8. The zero-order valence-corrected chi connectivity index (χ0v) is 10.8. The summed E-state index contributed by atoms with van der Waals surface area (Å²) in [7, 11) is 0. The number of morpholine rings is 1. The van der Waals surface area contributed by atoms with Gasteiger partial charge in [0.1, 0.15) is 0 Å². The lowest BCUT2D eigenvalue weighted by atomic mass is 9.87. The summed E-state index contributed by atoms with van der Waals surface area (Å²) in [4.78, 5) is 14.3. The van der Waals surface area contributed by atoms with Gasteiger partial charge in [0.05, 0.1) is 19.8 Å². The van der Waals surface area contributed by atoms with Crippen molar-refractivity contribution < 1.29 is 14.3 Å². The van der Waals surface area contributed by atoms with Gasteiger partial charge >= 0.3 is 0 Å². The summed E-state index contributed by atoms with van der Waals surface area (Å²) < 4.78 is 10.9. The predicted molar refractivity (Wildman–Crippen MR) is 66.3 cm³/mol. The number of ether oxygens (including phenoxy) is 2. The maximum atomic E-state index is 12.2. The zero-order chi connectivity index (χ0) is 12.4. The third kappa shape index (κ3) is 2.53. The first-order valence-electron chi connectivity index (χ1n) is 6.94. The van der Waals surface area contributed by atoms with Crippen LogP contribution in [0.2, 0.25) is 0 Å². The van der Waals surface area contributed by atoms with Crippen LogP contribution in [0.25, 0.3) is 0 Å². The molecule has 3 fully saturated rings. The number of hydrogen-bond donors (Lipinski definition) is 1. The minimum Gasteiger partial charge on any atom is -0.381 e. The Labute approximate surface area is 108 Å². The molecule has 2 unspecified atom stereocenters. The smallest absolute Gasteiger partial charge is 0.224 e. The van der Waals surface area contributed by atoms with Gasteiger partial charge < -0.3 is 19.7 Å². The molecule has 0 aromatic rings. The van der Waals surface area contributed by atoms with Crippen LogP contribution >= 0.6 is 0 Å². The van der Waals surface area contributed by atoms with Crippen LogP contribution in [-0.2, 0) is 14.3 Å². The highest BCUT2D eigenvalue weighted by Gasteiger charge is 2.42. The third-order valence-electron chi connectivity index (χ3n) is 4.40. The van der Waals surface area contributed by atoms with Gasteiger partial charge in [-0.05, 0) is 12.8 Å². The topological polar surface area (TPSA) is 50.8 Å². The minimum atomic E-state index is 0.197. The van der Waals surface area contributed by atoms with Crippen LogP contribution in [0.5, 0.6) is 0 Å². The second kappa shape index (κ2) is 5.15. The van der Waals surface area contributed by atoms with Crippen molar-refractivity contribution in [1.82, 2.24) is 10.2 Å². The quantitative estimate of drug-likeness (QED) is 0.754. The van der Waals surface area contributed by atoms with Crippen molar-refractivity contribution in [3.8, 4) is 0 Å². The number of carbonyl (C=O) groups is 1. The van der Waals surface area contributed by atoms with Crippen molar-refractivity contribution in [2.24, 2.45) is 5.41 Å². The standard InChI is InChI=1S/C13H22N2O3/c16-12(7-11-8-17-6-3-14-11)15-4-1-13(9-15)2-5-18-10-13/h11,14H,1-10H2. The highest BCUT2D eigenvalue weighted by molar-refractivity contribution is 5.77. The minimum absolute atomic E-state index is 0.197. The Morgan fingerprint density at radius 2 is 2.28 bits per heavy atom. The van der Waals surface area contributed by atoms with E-state index >= 15 is 0 Å². The molecule has 5 heteroatoms. The second-order valence-corrected chi connectivity index (χ2v) is 5.80. The van der Waals surface area contributed by atoms with Crippen molar-refractivity contribution in [3.63, 3.8) is 0 Å². The van der Waals surface area contributed by atoms with Gasteiger partial charge in [-0.1, -0.05) is 0 Å². The average Bonchev–Trinajstić information content (AvgIpc) is 3.02. The van der Waals surface area contributed by atoms with Crippen LogP contribution < -0.4 is 5.32 Å². The molecule has 0 saturated carbocycles. The Bertz CT molecular complexity index is 309. The van der Waals surface area contributed by atoms with Crippen molar-refractivity contribution in [2.45, 2.75) is 25.3 Å². The summed E-state index contributed by atoms with van der Waals surface area (Å²) in [5.41, 5.74) is 0.270. The van der Waals surface area contributed by atoms with Crippen LogP contribution in [0.4, 0.5) is 0 Å². The summed E-state index contributed by atoms with van der Waals surface area (Å²) in [6.07, 6.45) is 2.78. The van der Waals surface area contributed by atoms with Crippen molar-refractivity contribution >= 4 is 5.91 Å². The lowest BCUT2D eigenvalue weighted by Gasteiger charge is -2.26. The van der Waals surface area contributed by atoms with Crippen LogP contribution in [0.3, 0.4) is 0 Å². The fourth-order valence-corrected chi connectivity index (χ4v) is 3.21. The molecule has 5 nitrogen and oxygen atoms in total. The number of likely N-dealkylation sites (tertiary alicyclic amines) is 1. The fourth-order valence-electron chi connectivity index (χ4n) is 3.21.